The maximum Gasteiger partial charge on any atom is 0.239 e. The molecule has 146 valence electrons. The van der Waals surface area contributed by atoms with E-state index in [2.05, 4.69) is 45.2 Å². The van der Waals surface area contributed by atoms with Gasteiger partial charge in [-0.25, -0.2) is 10.9 Å². The van der Waals surface area contributed by atoms with E-state index in [1.807, 2.05) is 47.0 Å². The van der Waals surface area contributed by atoms with Gasteiger partial charge in [-0.15, -0.1) is 10.2 Å². The minimum Gasteiger partial charge on any atom is -0.345 e. The Morgan fingerprint density at radius 1 is 1.21 bits per heavy atom. The minimum atomic E-state index is -0.333. The van der Waals surface area contributed by atoms with Gasteiger partial charge in [-0.2, -0.15) is 0 Å². The van der Waals surface area contributed by atoms with Gasteiger partial charge in [-0.1, -0.05) is 26.0 Å². The largest absolute Gasteiger partial charge is 0.345 e. The highest BCUT2D eigenvalue weighted by Crippen LogP contribution is 2.23. The van der Waals surface area contributed by atoms with Crippen LogP contribution in [0.2, 0.25) is 0 Å². The maximum absolute atomic E-state index is 13.0. The zero-order valence-corrected chi connectivity index (χ0v) is 16.0. The fourth-order valence-electron chi connectivity index (χ4n) is 3.57. The highest BCUT2D eigenvalue weighted by Gasteiger charge is 2.32. The van der Waals surface area contributed by atoms with Gasteiger partial charge in [0, 0.05) is 12.4 Å². The van der Waals surface area contributed by atoms with Crippen molar-refractivity contribution in [1.82, 2.24) is 35.8 Å². The summed E-state index contributed by atoms with van der Waals surface area (Å²) in [6.45, 7) is 4.27. The third-order valence-electron chi connectivity index (χ3n) is 4.94. The van der Waals surface area contributed by atoms with E-state index in [-0.39, 0.29) is 24.0 Å². The maximum atomic E-state index is 13.0. The van der Waals surface area contributed by atoms with E-state index < -0.39 is 0 Å². The van der Waals surface area contributed by atoms with Crippen molar-refractivity contribution < 1.29 is 4.79 Å². The van der Waals surface area contributed by atoms with Gasteiger partial charge >= 0.3 is 0 Å². The molecule has 8 nitrogen and oxygen atoms in total. The van der Waals surface area contributed by atoms with E-state index in [0.29, 0.717) is 12.3 Å². The average Bonchev–Trinajstić information content (AvgIpc) is 3.35. The first kappa shape index (κ1) is 18.5. The highest BCUT2D eigenvalue weighted by atomic mass is 16.2. The Kier molecular flexibility index (Phi) is 5.31. The monoisotopic (exact) mass is 379 g/mol. The lowest BCUT2D eigenvalue weighted by molar-refractivity contribution is -0.123. The Bertz CT molecular complexity index is 940. The lowest BCUT2D eigenvalue weighted by atomic mass is 10.0. The van der Waals surface area contributed by atoms with Crippen LogP contribution >= 0.6 is 0 Å². The Hall–Kier alpha value is -2.84. The molecule has 1 fully saturated rings. The predicted molar refractivity (Wildman–Crippen MR) is 105 cm³/mol. The molecule has 4 rings (SSSR count). The number of nitrogens with zero attached hydrogens (tertiary/aromatic N) is 4. The summed E-state index contributed by atoms with van der Waals surface area (Å²) in [4.78, 5) is 17.3. The quantitative estimate of drug-likeness (QED) is 0.606. The van der Waals surface area contributed by atoms with Crippen molar-refractivity contribution in [1.29, 1.82) is 0 Å². The average molecular weight is 379 g/mol. The second kappa shape index (κ2) is 8.04. The number of hydrogen-bond acceptors (Lipinski definition) is 6. The van der Waals surface area contributed by atoms with Gasteiger partial charge in [-0.05, 0) is 43.0 Å². The standard InChI is InChI=1S/C20H25N7O/c1-13(2)11-16(19-26-25-18-8-4-6-10-27(18)19)22-20(28)17-12-15(23-24-17)14-7-3-5-9-21-14/h3-10,13,15-17,23-24H,11-12H2,1-2H3,(H,22,28)/t15?,16-,17?/m1/s1. The van der Waals surface area contributed by atoms with Crippen LogP contribution in [-0.4, -0.2) is 31.5 Å². The Morgan fingerprint density at radius 2 is 2.07 bits per heavy atom. The summed E-state index contributed by atoms with van der Waals surface area (Å²) in [5.74, 6) is 1.10. The first-order chi connectivity index (χ1) is 13.6. The molecule has 1 saturated heterocycles. The molecule has 3 aromatic heterocycles. The van der Waals surface area contributed by atoms with Crippen LogP contribution in [0.1, 0.15) is 50.3 Å². The SMILES string of the molecule is CC(C)C[C@@H](NC(=O)C1CC(c2ccccn2)NN1)c1nnc2ccccn12. The molecule has 0 aromatic carbocycles. The number of hydrogen-bond donors (Lipinski definition) is 3. The van der Waals surface area contributed by atoms with Crippen molar-refractivity contribution in [3.05, 3.63) is 60.3 Å². The van der Waals surface area contributed by atoms with Crippen LogP contribution in [0.15, 0.2) is 48.8 Å². The molecule has 0 radical (unpaired) electrons. The summed E-state index contributed by atoms with van der Waals surface area (Å²) in [7, 11) is 0. The fraction of sp³-hybridized carbons (Fsp3) is 0.400. The number of rotatable bonds is 6. The number of aromatic nitrogens is 4. The van der Waals surface area contributed by atoms with E-state index in [4.69, 9.17) is 0 Å². The molecule has 0 aliphatic carbocycles. The van der Waals surface area contributed by atoms with Gasteiger partial charge in [0.05, 0.1) is 17.8 Å². The molecule has 1 aliphatic rings. The van der Waals surface area contributed by atoms with Crippen molar-refractivity contribution in [2.45, 2.75) is 44.8 Å². The van der Waals surface area contributed by atoms with E-state index in [1.165, 1.54) is 0 Å². The number of carbonyl (C=O) groups is 1. The molecule has 3 atom stereocenters. The van der Waals surface area contributed by atoms with Crippen molar-refractivity contribution >= 4 is 11.6 Å². The second-order valence-electron chi connectivity index (χ2n) is 7.56. The molecule has 1 amide bonds. The topological polar surface area (TPSA) is 96.2 Å². The van der Waals surface area contributed by atoms with E-state index in [0.717, 1.165) is 23.6 Å². The number of carbonyl (C=O) groups excluding carboxylic acids is 1. The van der Waals surface area contributed by atoms with Crippen LogP contribution in [0.25, 0.3) is 5.65 Å². The van der Waals surface area contributed by atoms with E-state index >= 15 is 0 Å². The van der Waals surface area contributed by atoms with Crippen molar-refractivity contribution in [3.8, 4) is 0 Å². The first-order valence-electron chi connectivity index (χ1n) is 9.64. The van der Waals surface area contributed by atoms with E-state index in [9.17, 15) is 4.79 Å². The zero-order valence-electron chi connectivity index (χ0n) is 16.0. The summed E-state index contributed by atoms with van der Waals surface area (Å²) < 4.78 is 1.93. The molecule has 3 N–H and O–H groups in total. The summed E-state index contributed by atoms with van der Waals surface area (Å²) in [6, 6.07) is 11.0. The van der Waals surface area contributed by atoms with Gasteiger partial charge in [0.1, 0.15) is 6.04 Å². The van der Waals surface area contributed by atoms with Crippen LogP contribution in [0.4, 0.5) is 0 Å². The summed E-state index contributed by atoms with van der Waals surface area (Å²) in [6.07, 6.45) is 5.11. The first-order valence-corrected chi connectivity index (χ1v) is 9.64. The van der Waals surface area contributed by atoms with Gasteiger partial charge in [-0.3, -0.25) is 14.2 Å². The Labute approximate surface area is 163 Å². The van der Waals surface area contributed by atoms with Crippen LogP contribution in [0.5, 0.6) is 0 Å². The van der Waals surface area contributed by atoms with Crippen LogP contribution in [0, 0.1) is 5.92 Å². The molecule has 8 heteroatoms. The molecule has 0 bridgehead atoms. The lowest BCUT2D eigenvalue weighted by Gasteiger charge is -2.21. The van der Waals surface area contributed by atoms with Crippen molar-refractivity contribution in [3.63, 3.8) is 0 Å². The van der Waals surface area contributed by atoms with Gasteiger partial charge in [0.15, 0.2) is 11.5 Å². The fourth-order valence-corrected chi connectivity index (χ4v) is 3.57. The van der Waals surface area contributed by atoms with Gasteiger partial charge in [0.2, 0.25) is 5.91 Å². The molecule has 3 aromatic rings. The van der Waals surface area contributed by atoms with Gasteiger partial charge < -0.3 is 5.32 Å². The number of nitrogens with one attached hydrogen (secondary N) is 3. The summed E-state index contributed by atoms with van der Waals surface area (Å²) >= 11 is 0. The number of pyridine rings is 2. The van der Waals surface area contributed by atoms with Crippen LogP contribution in [-0.2, 0) is 4.79 Å². The highest BCUT2D eigenvalue weighted by molar-refractivity contribution is 5.82. The molecule has 1 aliphatic heterocycles. The Balaban J connectivity index is 1.49. The Morgan fingerprint density at radius 3 is 2.86 bits per heavy atom. The third-order valence-corrected chi connectivity index (χ3v) is 4.94. The van der Waals surface area contributed by atoms with Crippen LogP contribution < -0.4 is 16.2 Å². The van der Waals surface area contributed by atoms with Crippen molar-refractivity contribution in [2.75, 3.05) is 0 Å². The molecule has 0 saturated carbocycles. The lowest BCUT2D eigenvalue weighted by Crippen LogP contribution is -2.45. The number of hydrazine groups is 1. The minimum absolute atomic E-state index is 0.00872. The van der Waals surface area contributed by atoms with Gasteiger partial charge in [0.25, 0.3) is 0 Å². The number of amides is 1. The molecular formula is C20H25N7O. The zero-order chi connectivity index (χ0) is 19.5. The molecule has 4 heterocycles. The second-order valence-corrected chi connectivity index (χ2v) is 7.56. The molecule has 2 unspecified atom stereocenters. The smallest absolute Gasteiger partial charge is 0.239 e. The van der Waals surface area contributed by atoms with E-state index in [1.54, 1.807) is 6.20 Å². The molecule has 28 heavy (non-hydrogen) atoms. The number of fused-ring (bicyclic) bond motifs is 1. The summed E-state index contributed by atoms with van der Waals surface area (Å²) in [5, 5.41) is 11.7. The van der Waals surface area contributed by atoms with Crippen LogP contribution in [0.3, 0.4) is 0 Å². The predicted octanol–water partition coefficient (Wildman–Crippen LogP) is 1.94. The normalized spacial score (nSPS) is 20.5. The summed E-state index contributed by atoms with van der Waals surface area (Å²) in [5.41, 5.74) is 7.98. The molecule has 0 spiro atoms. The third kappa shape index (κ3) is 3.88. The van der Waals surface area contributed by atoms with Crippen molar-refractivity contribution in [2.24, 2.45) is 5.92 Å². The molecular weight excluding hydrogens is 354 g/mol.